The van der Waals surface area contributed by atoms with E-state index in [2.05, 4.69) is 23.8 Å². The Labute approximate surface area is 216 Å². The number of nitro groups is 2. The second kappa shape index (κ2) is 15.2. The molecular weight excluding hydrogens is 508 g/mol. The van der Waals surface area contributed by atoms with Crippen LogP contribution in [0.3, 0.4) is 0 Å². The molecule has 0 amide bonds. The minimum Gasteiger partial charge on any atom is -0.427 e. The van der Waals surface area contributed by atoms with Crippen LogP contribution >= 0.6 is 21.6 Å². The van der Waals surface area contributed by atoms with Crippen molar-refractivity contribution in [3.63, 3.8) is 0 Å². The van der Waals surface area contributed by atoms with Gasteiger partial charge in [0.25, 0.3) is 0 Å². The molecule has 0 fully saturated rings. The van der Waals surface area contributed by atoms with Gasteiger partial charge in [-0.1, -0.05) is 74.0 Å². The molecule has 0 saturated carbocycles. The van der Waals surface area contributed by atoms with Crippen molar-refractivity contribution in [3.8, 4) is 0 Å². The minimum atomic E-state index is -0.615. The molecule has 0 bridgehead atoms. The van der Waals surface area contributed by atoms with Gasteiger partial charge >= 0.3 is 11.4 Å². The highest BCUT2D eigenvalue weighted by Gasteiger charge is 2.18. The Hall–Kier alpha value is -3.00. The van der Waals surface area contributed by atoms with Crippen LogP contribution in [0.5, 0.6) is 0 Å². The van der Waals surface area contributed by atoms with Crippen molar-refractivity contribution in [2.24, 2.45) is 9.98 Å². The van der Waals surface area contributed by atoms with Crippen LogP contribution in [0, 0.1) is 20.2 Å². The van der Waals surface area contributed by atoms with Crippen molar-refractivity contribution in [3.05, 3.63) is 55.7 Å². The van der Waals surface area contributed by atoms with Crippen LogP contribution in [0.15, 0.2) is 44.3 Å². The first-order valence-corrected chi connectivity index (χ1v) is 14.0. The Morgan fingerprint density at radius 1 is 0.750 bits per heavy atom. The van der Waals surface area contributed by atoms with E-state index in [4.69, 9.17) is 0 Å². The maximum atomic E-state index is 11.6. The zero-order valence-electron chi connectivity index (χ0n) is 20.4. The van der Waals surface area contributed by atoms with Crippen molar-refractivity contribution in [1.82, 2.24) is 9.46 Å². The van der Waals surface area contributed by atoms with Crippen LogP contribution in [-0.2, 0) is 0 Å². The standard InChI is InChI=1S/C22H32N6O6S2/c1-3-5-7-9-11-23-21-19(27(31)32)13-17(15-25(21)29)35-36-18-14-20(28(33)34)22(26(30)16-18)24-12-10-8-6-4-2/h13-16,29-30H,3-12H2,1-2H3. The van der Waals surface area contributed by atoms with Gasteiger partial charge in [0.1, 0.15) is 0 Å². The van der Waals surface area contributed by atoms with E-state index in [0.29, 0.717) is 32.3 Å². The van der Waals surface area contributed by atoms with E-state index in [-0.39, 0.29) is 22.4 Å². The molecule has 0 aliphatic carbocycles. The highest BCUT2D eigenvalue weighted by molar-refractivity contribution is 8.76. The zero-order valence-corrected chi connectivity index (χ0v) is 22.0. The molecule has 0 aromatic carbocycles. The summed E-state index contributed by atoms with van der Waals surface area (Å²) in [6.07, 6.45) is 10.2. The maximum Gasteiger partial charge on any atom is 0.315 e. The molecule has 2 heterocycles. The van der Waals surface area contributed by atoms with Gasteiger partial charge in [-0.25, -0.2) is 0 Å². The third-order valence-corrected chi connectivity index (χ3v) is 7.44. The van der Waals surface area contributed by atoms with Crippen LogP contribution in [-0.4, -0.2) is 42.8 Å². The fourth-order valence-electron chi connectivity index (χ4n) is 3.28. The van der Waals surface area contributed by atoms with Crippen LogP contribution in [0.2, 0.25) is 0 Å². The highest BCUT2D eigenvalue weighted by atomic mass is 33.1. The molecule has 2 aromatic rings. The normalized spacial score (nSPS) is 12.3. The molecule has 2 N–H and O–H groups in total. The number of hydrogen-bond donors (Lipinski definition) is 2. The van der Waals surface area contributed by atoms with E-state index in [1.807, 2.05) is 0 Å². The second-order valence-electron chi connectivity index (χ2n) is 8.02. The van der Waals surface area contributed by atoms with Gasteiger partial charge < -0.3 is 10.4 Å². The number of aromatic nitrogens is 2. The van der Waals surface area contributed by atoms with E-state index in [0.717, 1.165) is 73.0 Å². The van der Waals surface area contributed by atoms with E-state index < -0.39 is 9.85 Å². The van der Waals surface area contributed by atoms with Crippen molar-refractivity contribution in [2.75, 3.05) is 13.1 Å². The average Bonchev–Trinajstić information content (AvgIpc) is 2.83. The summed E-state index contributed by atoms with van der Waals surface area (Å²) < 4.78 is 1.24. The van der Waals surface area contributed by atoms with Gasteiger partial charge in [0.05, 0.1) is 22.2 Å². The summed E-state index contributed by atoms with van der Waals surface area (Å²) in [5.74, 6) is 0. The Morgan fingerprint density at radius 3 is 1.47 bits per heavy atom. The summed E-state index contributed by atoms with van der Waals surface area (Å²) in [5.41, 5.74) is -0.975. The molecule has 2 rings (SSSR count). The Kier molecular flexibility index (Phi) is 12.3. The molecule has 2 aromatic heterocycles. The van der Waals surface area contributed by atoms with E-state index in [9.17, 15) is 30.6 Å². The molecule has 0 aliphatic heterocycles. The van der Waals surface area contributed by atoms with Gasteiger partial charge in [-0.15, -0.1) is 0 Å². The lowest BCUT2D eigenvalue weighted by molar-refractivity contribution is -0.387. The summed E-state index contributed by atoms with van der Waals surface area (Å²) in [6.45, 7) is 4.88. The largest absolute Gasteiger partial charge is 0.427 e. The Morgan fingerprint density at radius 2 is 1.14 bits per heavy atom. The monoisotopic (exact) mass is 540 g/mol. The molecule has 0 saturated heterocycles. The fourth-order valence-corrected chi connectivity index (χ4v) is 5.20. The molecule has 0 atom stereocenters. The molecule has 0 unspecified atom stereocenters. The summed E-state index contributed by atoms with van der Waals surface area (Å²) >= 11 is 0. The van der Waals surface area contributed by atoms with Crippen molar-refractivity contribution >= 4 is 33.0 Å². The van der Waals surface area contributed by atoms with Crippen molar-refractivity contribution < 1.29 is 20.3 Å². The molecule has 14 heteroatoms. The van der Waals surface area contributed by atoms with Gasteiger partial charge in [0.15, 0.2) is 0 Å². The lowest BCUT2D eigenvalue weighted by Gasteiger charge is -2.07. The smallest absolute Gasteiger partial charge is 0.315 e. The van der Waals surface area contributed by atoms with Crippen LogP contribution in [0.1, 0.15) is 65.2 Å². The quantitative estimate of drug-likeness (QED) is 0.101. The van der Waals surface area contributed by atoms with Gasteiger partial charge in [-0.05, 0) is 12.8 Å². The Balaban J connectivity index is 2.23. The first-order chi connectivity index (χ1) is 17.3. The van der Waals surface area contributed by atoms with Gasteiger partial charge in [-0.2, -0.15) is 9.46 Å². The number of rotatable bonds is 15. The molecule has 0 radical (unpaired) electrons. The summed E-state index contributed by atoms with van der Waals surface area (Å²) in [5, 5.41) is 43.7. The predicted octanol–water partition coefficient (Wildman–Crippen LogP) is 5.34. The van der Waals surface area contributed by atoms with Gasteiger partial charge in [0, 0.05) is 35.0 Å². The summed E-state index contributed by atoms with van der Waals surface area (Å²) in [7, 11) is 2.07. The molecular formula is C22H32N6O6S2. The number of nitrogens with zero attached hydrogens (tertiary/aromatic N) is 6. The third-order valence-electron chi connectivity index (χ3n) is 5.12. The fraction of sp³-hybridized carbons (Fsp3) is 0.545. The number of unbranched alkanes of at least 4 members (excludes halogenated alkanes) is 6. The van der Waals surface area contributed by atoms with Gasteiger partial charge in [-0.3, -0.25) is 30.2 Å². The van der Waals surface area contributed by atoms with Crippen LogP contribution in [0.4, 0.5) is 11.4 Å². The number of hydrogen-bond acceptors (Lipinski definition) is 10. The van der Waals surface area contributed by atoms with Crippen LogP contribution < -0.4 is 11.0 Å². The first-order valence-electron chi connectivity index (χ1n) is 11.8. The van der Waals surface area contributed by atoms with E-state index in [1.54, 1.807) is 0 Å². The summed E-state index contributed by atoms with van der Waals surface area (Å²) in [6, 6.07) is 2.58. The maximum absolute atomic E-state index is 11.6. The molecule has 0 spiro atoms. The lowest BCUT2D eigenvalue weighted by Crippen LogP contribution is -2.23. The SMILES string of the molecule is CCCCCCN=c1c([N+](=O)[O-])cc(SSc2cc([N+](=O)[O-])c(=NCCCCCC)n(O)c2)cn1O. The van der Waals surface area contributed by atoms with Gasteiger partial charge in [0.2, 0.25) is 11.0 Å². The second-order valence-corrected chi connectivity index (χ2v) is 10.3. The molecule has 12 nitrogen and oxygen atoms in total. The average molecular weight is 541 g/mol. The van der Waals surface area contributed by atoms with Crippen molar-refractivity contribution in [1.29, 1.82) is 0 Å². The predicted molar refractivity (Wildman–Crippen MR) is 137 cm³/mol. The van der Waals surface area contributed by atoms with Crippen LogP contribution in [0.25, 0.3) is 0 Å². The minimum absolute atomic E-state index is 0.139. The summed E-state index contributed by atoms with van der Waals surface area (Å²) in [4.78, 5) is 30.9. The van der Waals surface area contributed by atoms with Crippen molar-refractivity contribution in [2.45, 2.75) is 75.0 Å². The first kappa shape index (κ1) is 29.2. The molecule has 198 valence electrons. The molecule has 36 heavy (non-hydrogen) atoms. The third kappa shape index (κ3) is 8.90. The highest BCUT2D eigenvalue weighted by Crippen LogP contribution is 2.38. The van der Waals surface area contributed by atoms with E-state index >= 15 is 0 Å². The lowest BCUT2D eigenvalue weighted by atomic mass is 10.2. The van der Waals surface area contributed by atoms with E-state index in [1.165, 1.54) is 24.5 Å². The molecule has 0 aliphatic rings. The topological polar surface area (TPSA) is 161 Å². The zero-order chi connectivity index (χ0) is 26.5. The Bertz CT molecular complexity index is 1090. The number of pyridine rings is 2.